The number of hydrogen-bond acceptors (Lipinski definition) is 6. The number of aryl methyl sites for hydroxylation is 1. The molecule has 1 atom stereocenters. The lowest BCUT2D eigenvalue weighted by Gasteiger charge is -2.34. The fraction of sp³-hybridized carbons (Fsp3) is 0.143. The smallest absolute Gasteiger partial charge is 0.283 e. The molecule has 134 valence electrons. The minimum absolute atomic E-state index is 0.154. The Bertz CT molecular complexity index is 1080. The predicted molar refractivity (Wildman–Crippen MR) is 100 cm³/mol. The highest BCUT2D eigenvalue weighted by Crippen LogP contribution is 2.54. The molecule has 1 spiro atoms. The first kappa shape index (κ1) is 15.7. The zero-order chi connectivity index (χ0) is 18.4. The normalized spacial score (nSPS) is 19.5. The summed E-state index contributed by atoms with van der Waals surface area (Å²) in [7, 11) is 0. The Labute approximate surface area is 156 Å². The molecule has 27 heavy (non-hydrogen) atoms. The lowest BCUT2D eigenvalue weighted by molar-refractivity contribution is 0.260. The third kappa shape index (κ3) is 2.41. The molecule has 0 saturated heterocycles. The van der Waals surface area contributed by atoms with Crippen LogP contribution in [0.4, 0.5) is 0 Å². The second kappa shape index (κ2) is 5.74. The number of amidine groups is 1. The number of nitrogens with two attached hydrogens (primary N) is 1. The molecule has 6 heteroatoms. The highest BCUT2D eigenvalue weighted by Gasteiger charge is 2.48. The summed E-state index contributed by atoms with van der Waals surface area (Å²) in [5, 5.41) is 0. The van der Waals surface area contributed by atoms with E-state index in [-0.39, 0.29) is 12.6 Å². The van der Waals surface area contributed by atoms with E-state index in [4.69, 9.17) is 19.9 Å². The van der Waals surface area contributed by atoms with Crippen molar-refractivity contribution in [3.63, 3.8) is 0 Å². The number of aliphatic imine (C=N–C) groups is 1. The second-order valence-corrected chi connectivity index (χ2v) is 6.55. The molecule has 0 saturated carbocycles. The van der Waals surface area contributed by atoms with Gasteiger partial charge in [0.1, 0.15) is 23.9 Å². The number of pyridine rings is 1. The summed E-state index contributed by atoms with van der Waals surface area (Å²) in [6, 6.07) is 19.2. The zero-order valence-corrected chi connectivity index (χ0v) is 14.7. The molecule has 2 aliphatic heterocycles. The van der Waals surface area contributed by atoms with Gasteiger partial charge in [0.05, 0.1) is 5.56 Å². The van der Waals surface area contributed by atoms with Gasteiger partial charge in [-0.2, -0.15) is 0 Å². The van der Waals surface area contributed by atoms with Crippen LogP contribution < -0.4 is 15.2 Å². The molecule has 3 aromatic rings. The Morgan fingerprint density at radius 1 is 1.00 bits per heavy atom. The molecule has 0 radical (unpaired) electrons. The van der Waals surface area contributed by atoms with Crippen LogP contribution in [0.1, 0.15) is 16.8 Å². The van der Waals surface area contributed by atoms with Crippen LogP contribution in [-0.2, 0) is 10.3 Å². The first-order valence-electron chi connectivity index (χ1n) is 8.66. The molecule has 1 unspecified atom stereocenters. The molecular weight excluding hydrogens is 342 g/mol. The van der Waals surface area contributed by atoms with Crippen LogP contribution in [0.2, 0.25) is 0 Å². The van der Waals surface area contributed by atoms with Gasteiger partial charge in [0.25, 0.3) is 6.02 Å². The molecular formula is C21H17N3O3. The van der Waals surface area contributed by atoms with Gasteiger partial charge in [-0.3, -0.25) is 0 Å². The van der Waals surface area contributed by atoms with E-state index in [1.165, 1.54) is 0 Å². The van der Waals surface area contributed by atoms with Crippen LogP contribution in [0.3, 0.4) is 0 Å². The second-order valence-electron chi connectivity index (χ2n) is 6.55. The molecule has 2 N–H and O–H groups in total. The van der Waals surface area contributed by atoms with E-state index >= 15 is 0 Å². The molecule has 5 rings (SSSR count). The average molecular weight is 359 g/mol. The maximum atomic E-state index is 6.14. The fourth-order valence-corrected chi connectivity index (χ4v) is 3.62. The minimum Gasteiger partial charge on any atom is -0.462 e. The van der Waals surface area contributed by atoms with Crippen molar-refractivity contribution in [2.24, 2.45) is 10.7 Å². The van der Waals surface area contributed by atoms with Crippen LogP contribution >= 0.6 is 0 Å². The number of ether oxygens (including phenoxy) is 3. The Kier molecular flexibility index (Phi) is 3.33. The van der Waals surface area contributed by atoms with E-state index in [1.807, 2.05) is 67.6 Å². The number of hydrogen-bond donors (Lipinski definition) is 1. The van der Waals surface area contributed by atoms with Crippen molar-refractivity contribution < 1.29 is 14.2 Å². The van der Waals surface area contributed by atoms with Gasteiger partial charge in [0.15, 0.2) is 5.54 Å². The summed E-state index contributed by atoms with van der Waals surface area (Å²) < 4.78 is 17.9. The van der Waals surface area contributed by atoms with Crippen LogP contribution in [0.15, 0.2) is 65.7 Å². The van der Waals surface area contributed by atoms with Crippen molar-refractivity contribution >= 4 is 6.02 Å². The van der Waals surface area contributed by atoms with E-state index in [0.717, 1.165) is 22.6 Å². The van der Waals surface area contributed by atoms with E-state index in [0.29, 0.717) is 17.4 Å². The van der Waals surface area contributed by atoms with Crippen LogP contribution in [0, 0.1) is 6.92 Å². The molecule has 1 aromatic heterocycles. The SMILES string of the molecule is Cc1cccc(Oc2cccc3c2C2(COC(N)=N2)c2ccccc2O3)n1. The largest absolute Gasteiger partial charge is 0.462 e. The Morgan fingerprint density at radius 2 is 1.81 bits per heavy atom. The van der Waals surface area contributed by atoms with Gasteiger partial charge in [-0.1, -0.05) is 30.3 Å². The topological polar surface area (TPSA) is 79.0 Å². The van der Waals surface area contributed by atoms with Gasteiger partial charge in [0, 0.05) is 17.3 Å². The van der Waals surface area contributed by atoms with Crippen LogP contribution in [-0.4, -0.2) is 17.6 Å². The van der Waals surface area contributed by atoms with E-state index in [2.05, 4.69) is 9.98 Å². The molecule has 6 nitrogen and oxygen atoms in total. The number of rotatable bonds is 2. The lowest BCUT2D eigenvalue weighted by atomic mass is 9.81. The first-order chi connectivity index (χ1) is 13.2. The van der Waals surface area contributed by atoms with Gasteiger partial charge in [-0.25, -0.2) is 9.98 Å². The molecule has 2 aromatic carbocycles. The molecule has 3 heterocycles. The standard InChI is InChI=1S/C21H17N3O3/c1-13-6-4-11-18(23-13)27-17-10-5-9-16-19(17)21(12-25-20(22)24-21)14-7-2-3-8-15(14)26-16/h2-11H,12H2,1H3,(H2,22,24). The Hall–Kier alpha value is -3.54. The maximum absolute atomic E-state index is 6.14. The number of benzene rings is 2. The lowest BCUT2D eigenvalue weighted by Crippen LogP contribution is -2.31. The van der Waals surface area contributed by atoms with Crippen molar-refractivity contribution in [1.82, 2.24) is 4.98 Å². The highest BCUT2D eigenvalue weighted by atomic mass is 16.5. The molecule has 2 aliphatic rings. The number of fused-ring (bicyclic) bond motifs is 4. The van der Waals surface area contributed by atoms with Crippen molar-refractivity contribution in [3.8, 4) is 23.1 Å². The molecule has 0 bridgehead atoms. The quantitative estimate of drug-likeness (QED) is 0.751. The molecule has 0 fully saturated rings. The predicted octanol–water partition coefficient (Wildman–Crippen LogP) is 3.88. The van der Waals surface area contributed by atoms with Gasteiger partial charge >= 0.3 is 0 Å². The summed E-state index contributed by atoms with van der Waals surface area (Å²) in [4.78, 5) is 9.11. The Balaban J connectivity index is 1.71. The van der Waals surface area contributed by atoms with Crippen LogP contribution in [0.5, 0.6) is 23.1 Å². The minimum atomic E-state index is -0.811. The summed E-state index contributed by atoms with van der Waals surface area (Å²) in [6.45, 7) is 2.21. The Morgan fingerprint density at radius 3 is 2.63 bits per heavy atom. The van der Waals surface area contributed by atoms with E-state index in [1.54, 1.807) is 0 Å². The third-order valence-electron chi connectivity index (χ3n) is 4.76. The van der Waals surface area contributed by atoms with Crippen LogP contribution in [0.25, 0.3) is 0 Å². The van der Waals surface area contributed by atoms with Crippen molar-refractivity contribution in [1.29, 1.82) is 0 Å². The highest BCUT2D eigenvalue weighted by molar-refractivity contribution is 5.77. The summed E-state index contributed by atoms with van der Waals surface area (Å²) in [5.74, 6) is 2.52. The number of aromatic nitrogens is 1. The number of nitrogens with zero attached hydrogens (tertiary/aromatic N) is 2. The average Bonchev–Trinajstić information content (AvgIpc) is 3.04. The van der Waals surface area contributed by atoms with Crippen molar-refractivity contribution in [2.45, 2.75) is 12.5 Å². The molecule has 0 aliphatic carbocycles. The maximum Gasteiger partial charge on any atom is 0.283 e. The van der Waals surface area contributed by atoms with E-state index in [9.17, 15) is 0 Å². The van der Waals surface area contributed by atoms with Crippen molar-refractivity contribution in [2.75, 3.05) is 6.61 Å². The summed E-state index contributed by atoms with van der Waals surface area (Å²) in [5.41, 5.74) is 7.65. The monoisotopic (exact) mass is 359 g/mol. The zero-order valence-electron chi connectivity index (χ0n) is 14.7. The summed E-state index contributed by atoms with van der Waals surface area (Å²) in [6.07, 6.45) is 0. The summed E-state index contributed by atoms with van der Waals surface area (Å²) >= 11 is 0. The van der Waals surface area contributed by atoms with Gasteiger partial charge in [-0.15, -0.1) is 0 Å². The first-order valence-corrected chi connectivity index (χ1v) is 8.66. The van der Waals surface area contributed by atoms with Crippen molar-refractivity contribution in [3.05, 3.63) is 77.5 Å². The molecule has 0 amide bonds. The number of para-hydroxylation sites is 1. The third-order valence-corrected chi connectivity index (χ3v) is 4.76. The fourth-order valence-electron chi connectivity index (χ4n) is 3.62. The van der Waals surface area contributed by atoms with Gasteiger partial charge in [0.2, 0.25) is 5.88 Å². The van der Waals surface area contributed by atoms with Gasteiger partial charge in [-0.05, 0) is 31.2 Å². The van der Waals surface area contributed by atoms with E-state index < -0.39 is 5.54 Å². The van der Waals surface area contributed by atoms with Gasteiger partial charge < -0.3 is 19.9 Å².